The van der Waals surface area contributed by atoms with E-state index in [4.69, 9.17) is 4.74 Å². The summed E-state index contributed by atoms with van der Waals surface area (Å²) in [5, 5.41) is 10.5. The van der Waals surface area contributed by atoms with Crippen molar-refractivity contribution < 1.29 is 18.3 Å². The van der Waals surface area contributed by atoms with Gasteiger partial charge < -0.3 is 9.84 Å². The van der Waals surface area contributed by atoms with Gasteiger partial charge in [0.25, 0.3) is 0 Å². The van der Waals surface area contributed by atoms with E-state index in [2.05, 4.69) is 6.58 Å². The van der Waals surface area contributed by atoms with Crippen LogP contribution < -0.4 is 0 Å². The lowest BCUT2D eigenvalue weighted by atomic mass is 10.2. The van der Waals surface area contributed by atoms with Crippen molar-refractivity contribution in [1.82, 2.24) is 4.90 Å². The van der Waals surface area contributed by atoms with Crippen molar-refractivity contribution >= 4 is 9.84 Å². The zero-order valence-electron chi connectivity index (χ0n) is 8.80. The third-order valence-electron chi connectivity index (χ3n) is 2.57. The second-order valence-electron chi connectivity index (χ2n) is 3.69. The molecule has 0 spiro atoms. The van der Waals surface area contributed by atoms with Gasteiger partial charge in [0, 0.05) is 12.0 Å². The highest BCUT2D eigenvalue weighted by atomic mass is 32.2. The molecule has 0 saturated carbocycles. The first kappa shape index (κ1) is 12.6. The topological polar surface area (TPSA) is 66.8 Å². The summed E-state index contributed by atoms with van der Waals surface area (Å²) < 4.78 is 27.4. The Kier molecular flexibility index (Phi) is 4.27. The number of hydrogen-bond acceptors (Lipinski definition) is 5. The molecule has 1 N–H and O–H groups in total. The Morgan fingerprint density at radius 2 is 2.27 bits per heavy atom. The highest BCUT2D eigenvalue weighted by molar-refractivity contribution is 7.94. The van der Waals surface area contributed by atoms with Gasteiger partial charge in [0.05, 0.1) is 31.1 Å². The van der Waals surface area contributed by atoms with Crippen molar-refractivity contribution in [2.75, 3.05) is 32.6 Å². The third kappa shape index (κ3) is 3.57. The van der Waals surface area contributed by atoms with Gasteiger partial charge >= 0.3 is 0 Å². The fourth-order valence-electron chi connectivity index (χ4n) is 1.47. The molecule has 5 nitrogen and oxygen atoms in total. The summed E-state index contributed by atoms with van der Waals surface area (Å²) in [5.74, 6) is 0.0240. The number of ether oxygens (including phenoxy) is 1. The van der Waals surface area contributed by atoms with E-state index >= 15 is 0 Å². The van der Waals surface area contributed by atoms with Gasteiger partial charge in [-0.15, -0.1) is 0 Å². The summed E-state index contributed by atoms with van der Waals surface area (Å²) in [4.78, 5) is 1.80. The van der Waals surface area contributed by atoms with Gasteiger partial charge in [-0.2, -0.15) is 0 Å². The van der Waals surface area contributed by atoms with Crippen molar-refractivity contribution in [3.8, 4) is 0 Å². The lowest BCUT2D eigenvalue weighted by Crippen LogP contribution is -2.42. The fourth-order valence-corrected chi connectivity index (χ4v) is 2.18. The predicted octanol–water partition coefficient (Wildman–Crippen LogP) is -0.764. The normalized spacial score (nSPS) is 27.1. The van der Waals surface area contributed by atoms with Crippen LogP contribution in [0.4, 0.5) is 0 Å². The van der Waals surface area contributed by atoms with E-state index in [0.717, 1.165) is 5.41 Å². The van der Waals surface area contributed by atoms with Crippen molar-refractivity contribution in [2.45, 2.75) is 12.1 Å². The molecule has 0 aromatic carbocycles. The van der Waals surface area contributed by atoms with E-state index in [-0.39, 0.29) is 11.8 Å². The summed E-state index contributed by atoms with van der Waals surface area (Å²) in [6, 6.07) is -0.106. The van der Waals surface area contributed by atoms with Crippen LogP contribution in [0.25, 0.3) is 0 Å². The lowest BCUT2D eigenvalue weighted by molar-refractivity contribution is 0.0982. The van der Waals surface area contributed by atoms with E-state index < -0.39 is 15.9 Å². The molecule has 6 heteroatoms. The molecule has 0 amide bonds. The summed E-state index contributed by atoms with van der Waals surface area (Å²) in [6.45, 7) is 4.39. The minimum Gasteiger partial charge on any atom is -0.389 e. The van der Waals surface area contributed by atoms with Crippen LogP contribution in [0.15, 0.2) is 12.0 Å². The molecular weight excluding hydrogens is 218 g/mol. The standard InChI is InChI=1S/C9H17NO4S/c1-3-15(12,13)5-4-10(2)8-6-14-7-9(8)11/h3,8-9,11H,1,4-7H2,2H3/t8-,9-/m1/s1. The van der Waals surface area contributed by atoms with Crippen LogP contribution in [0.2, 0.25) is 0 Å². The average Bonchev–Trinajstić information content (AvgIpc) is 2.61. The van der Waals surface area contributed by atoms with E-state index in [1.54, 1.807) is 11.9 Å². The van der Waals surface area contributed by atoms with Crippen LogP contribution in [0.5, 0.6) is 0 Å². The molecule has 0 aromatic rings. The van der Waals surface area contributed by atoms with Crippen LogP contribution in [0.1, 0.15) is 0 Å². The minimum absolute atomic E-state index is 0.0240. The first-order valence-corrected chi connectivity index (χ1v) is 6.49. The van der Waals surface area contributed by atoms with Gasteiger partial charge in [-0.3, -0.25) is 4.90 Å². The second-order valence-corrected chi connectivity index (χ2v) is 5.75. The molecule has 1 rings (SSSR count). The molecule has 0 radical (unpaired) electrons. The van der Waals surface area contributed by atoms with Gasteiger partial charge in [-0.25, -0.2) is 8.42 Å². The van der Waals surface area contributed by atoms with Crippen LogP contribution in [0.3, 0.4) is 0 Å². The highest BCUT2D eigenvalue weighted by Crippen LogP contribution is 2.11. The van der Waals surface area contributed by atoms with Crippen molar-refractivity contribution in [1.29, 1.82) is 0 Å². The molecule has 2 atom stereocenters. The van der Waals surface area contributed by atoms with E-state index in [0.29, 0.717) is 19.8 Å². The lowest BCUT2D eigenvalue weighted by Gasteiger charge is -2.24. The molecule has 15 heavy (non-hydrogen) atoms. The molecule has 1 heterocycles. The fraction of sp³-hybridized carbons (Fsp3) is 0.778. The Balaban J connectivity index is 2.42. The summed E-state index contributed by atoms with van der Waals surface area (Å²) in [6.07, 6.45) is -0.526. The summed E-state index contributed by atoms with van der Waals surface area (Å²) in [5.41, 5.74) is 0. The molecule has 88 valence electrons. The SMILES string of the molecule is C=CS(=O)(=O)CCN(C)[C@@H]1COC[C@H]1O. The third-order valence-corrected chi connectivity index (χ3v) is 3.83. The second kappa shape index (κ2) is 5.07. The maximum absolute atomic E-state index is 11.2. The van der Waals surface area contributed by atoms with Gasteiger partial charge in [0.1, 0.15) is 0 Å². The maximum atomic E-state index is 11.2. The highest BCUT2D eigenvalue weighted by Gasteiger charge is 2.29. The smallest absolute Gasteiger partial charge is 0.172 e. The van der Waals surface area contributed by atoms with Crippen LogP contribution in [-0.2, 0) is 14.6 Å². The first-order chi connectivity index (χ1) is 6.96. The Hall–Kier alpha value is -0.430. The van der Waals surface area contributed by atoms with Crippen LogP contribution >= 0.6 is 0 Å². The van der Waals surface area contributed by atoms with E-state index in [1.807, 2.05) is 0 Å². The molecule has 1 saturated heterocycles. The van der Waals surface area contributed by atoms with Gasteiger partial charge in [0.15, 0.2) is 9.84 Å². The largest absolute Gasteiger partial charge is 0.389 e. The van der Waals surface area contributed by atoms with Crippen molar-refractivity contribution in [2.24, 2.45) is 0 Å². The van der Waals surface area contributed by atoms with Crippen LogP contribution in [0, 0.1) is 0 Å². The predicted molar refractivity (Wildman–Crippen MR) is 57.2 cm³/mol. The summed E-state index contributed by atoms with van der Waals surface area (Å²) >= 11 is 0. The Labute approximate surface area is 90.3 Å². The number of rotatable bonds is 5. The molecule has 1 aliphatic rings. The number of likely N-dealkylation sites (N-methyl/N-ethyl adjacent to an activating group) is 1. The Morgan fingerprint density at radius 1 is 1.60 bits per heavy atom. The molecule has 0 aliphatic carbocycles. The number of hydrogen-bond donors (Lipinski definition) is 1. The van der Waals surface area contributed by atoms with E-state index in [9.17, 15) is 13.5 Å². The number of aliphatic hydroxyl groups excluding tert-OH is 1. The van der Waals surface area contributed by atoms with Gasteiger partial charge in [-0.1, -0.05) is 6.58 Å². The Morgan fingerprint density at radius 3 is 2.73 bits per heavy atom. The number of nitrogens with zero attached hydrogens (tertiary/aromatic N) is 1. The van der Waals surface area contributed by atoms with E-state index in [1.165, 1.54) is 0 Å². The maximum Gasteiger partial charge on any atom is 0.172 e. The molecule has 1 fully saturated rings. The molecule has 0 bridgehead atoms. The molecule has 0 aromatic heterocycles. The quantitative estimate of drug-likeness (QED) is 0.678. The van der Waals surface area contributed by atoms with Gasteiger partial charge in [-0.05, 0) is 7.05 Å². The first-order valence-electron chi connectivity index (χ1n) is 4.77. The molecule has 1 aliphatic heterocycles. The average molecular weight is 235 g/mol. The monoisotopic (exact) mass is 235 g/mol. The number of aliphatic hydroxyl groups is 1. The molecular formula is C9H17NO4S. The van der Waals surface area contributed by atoms with Gasteiger partial charge in [0.2, 0.25) is 0 Å². The zero-order valence-corrected chi connectivity index (χ0v) is 9.61. The Bertz CT molecular complexity index is 314. The molecule has 0 unspecified atom stereocenters. The summed E-state index contributed by atoms with van der Waals surface area (Å²) in [7, 11) is -1.38. The minimum atomic E-state index is -3.16. The van der Waals surface area contributed by atoms with Crippen molar-refractivity contribution in [3.05, 3.63) is 12.0 Å². The van der Waals surface area contributed by atoms with Crippen molar-refractivity contribution in [3.63, 3.8) is 0 Å². The zero-order chi connectivity index (χ0) is 11.5. The number of sulfone groups is 1. The van der Waals surface area contributed by atoms with Crippen LogP contribution in [-0.4, -0.2) is 63.1 Å².